The molecule has 0 aliphatic rings. The number of halogens is 1. The Morgan fingerprint density at radius 1 is 1.24 bits per heavy atom. The van der Waals surface area contributed by atoms with Gasteiger partial charge in [0, 0.05) is 10.9 Å². The Bertz CT molecular complexity index is 1020. The summed E-state index contributed by atoms with van der Waals surface area (Å²) >= 11 is 1.02. The van der Waals surface area contributed by atoms with Crippen molar-refractivity contribution in [3.05, 3.63) is 56.7 Å². The number of pyridine rings is 1. The number of H-pyrrole nitrogens is 1. The van der Waals surface area contributed by atoms with E-state index in [0.717, 1.165) is 11.3 Å². The summed E-state index contributed by atoms with van der Waals surface area (Å²) in [5.41, 5.74) is 5.40. The number of fused-ring (bicyclic) bond motifs is 1. The number of carboxylic acid groups (broad SMARTS) is 1. The molecular weight excluding hydrogens is 368 g/mol. The number of nitrogens with two attached hydrogens (primary N) is 1. The summed E-state index contributed by atoms with van der Waals surface area (Å²) in [7, 11) is 1.52. The van der Waals surface area contributed by atoms with E-state index in [4.69, 9.17) is 15.6 Å². The van der Waals surface area contributed by atoms with E-state index >= 15 is 0 Å². The maximum absolute atomic E-state index is 12.6. The first-order chi connectivity index (χ1) is 11.4. The van der Waals surface area contributed by atoms with Gasteiger partial charge in [-0.3, -0.25) is 9.59 Å². The summed E-state index contributed by atoms with van der Waals surface area (Å²) in [4.78, 5) is 38.5. The quantitative estimate of drug-likeness (QED) is 0.598. The Kier molecular flexibility index (Phi) is 5.15. The summed E-state index contributed by atoms with van der Waals surface area (Å²) in [5, 5.41) is 9.36. The predicted octanol–water partition coefficient (Wildman–Crippen LogP) is 2.53. The lowest BCUT2D eigenvalue weighted by molar-refractivity contribution is 0.0695. The van der Waals surface area contributed by atoms with Crippen molar-refractivity contribution in [1.82, 2.24) is 4.98 Å². The first-order valence-corrected chi connectivity index (χ1v) is 7.61. The standard InChI is InChI=1S/C16H12N2O5S.ClH/c1-23-8-4-2-7(3-5-8)12(19)13-11(17)9-6-10(16(21)22)14(20)18-15(9)24-13;/h2-6H,17H2,1H3,(H,18,20)(H,21,22);1H. The number of anilines is 1. The number of carbonyl (C=O) groups is 2. The number of carbonyl (C=O) groups excluding carboxylic acids is 1. The van der Waals surface area contributed by atoms with Crippen molar-refractivity contribution in [3.63, 3.8) is 0 Å². The molecule has 0 fully saturated rings. The van der Waals surface area contributed by atoms with Crippen molar-refractivity contribution in [2.75, 3.05) is 12.8 Å². The summed E-state index contributed by atoms with van der Waals surface area (Å²) in [6.07, 6.45) is 0. The highest BCUT2D eigenvalue weighted by Gasteiger charge is 2.21. The second-order valence-electron chi connectivity index (χ2n) is 4.96. The van der Waals surface area contributed by atoms with Gasteiger partial charge in [-0.15, -0.1) is 23.7 Å². The van der Waals surface area contributed by atoms with Crippen molar-refractivity contribution >= 4 is 51.4 Å². The van der Waals surface area contributed by atoms with Crippen LogP contribution >= 0.6 is 23.7 Å². The first kappa shape index (κ1) is 18.5. The minimum Gasteiger partial charge on any atom is -0.497 e. The van der Waals surface area contributed by atoms with Gasteiger partial charge >= 0.3 is 5.97 Å². The summed E-state index contributed by atoms with van der Waals surface area (Å²) < 4.78 is 5.05. The highest BCUT2D eigenvalue weighted by Crippen LogP contribution is 2.33. The van der Waals surface area contributed by atoms with Crippen LogP contribution in [0.2, 0.25) is 0 Å². The average molecular weight is 381 g/mol. The Morgan fingerprint density at radius 2 is 1.88 bits per heavy atom. The third-order valence-electron chi connectivity index (χ3n) is 3.53. The van der Waals surface area contributed by atoms with E-state index in [1.54, 1.807) is 24.3 Å². The van der Waals surface area contributed by atoms with Gasteiger partial charge in [0.25, 0.3) is 5.56 Å². The van der Waals surface area contributed by atoms with Crippen LogP contribution in [0.15, 0.2) is 35.1 Å². The van der Waals surface area contributed by atoms with Crippen LogP contribution in [0, 0.1) is 0 Å². The van der Waals surface area contributed by atoms with E-state index in [1.165, 1.54) is 13.2 Å². The Morgan fingerprint density at radius 3 is 2.44 bits per heavy atom. The molecule has 0 aliphatic carbocycles. The van der Waals surface area contributed by atoms with Crippen molar-refractivity contribution in [3.8, 4) is 5.75 Å². The monoisotopic (exact) mass is 380 g/mol. The van der Waals surface area contributed by atoms with Crippen LogP contribution in [0.4, 0.5) is 5.69 Å². The largest absolute Gasteiger partial charge is 0.497 e. The number of aromatic amines is 1. The predicted molar refractivity (Wildman–Crippen MR) is 97.5 cm³/mol. The van der Waals surface area contributed by atoms with Crippen LogP contribution < -0.4 is 16.0 Å². The minimum atomic E-state index is -1.35. The Balaban J connectivity index is 0.00000225. The maximum Gasteiger partial charge on any atom is 0.341 e. The molecule has 4 N–H and O–H groups in total. The minimum absolute atomic E-state index is 0. The highest BCUT2D eigenvalue weighted by molar-refractivity contribution is 7.21. The molecule has 3 aromatic rings. The molecule has 0 spiro atoms. The fraction of sp³-hybridized carbons (Fsp3) is 0.0625. The zero-order valence-electron chi connectivity index (χ0n) is 12.9. The molecule has 2 aromatic heterocycles. The number of ketones is 1. The zero-order chi connectivity index (χ0) is 17.4. The SMILES string of the molecule is COc1ccc(C(=O)c2sc3[nH]c(=O)c(C(=O)O)cc3c2N)cc1.Cl. The number of aromatic carboxylic acids is 1. The Labute approximate surface area is 151 Å². The molecule has 0 aliphatic heterocycles. The average Bonchev–Trinajstić information content (AvgIpc) is 2.89. The molecule has 0 bridgehead atoms. The van der Waals surface area contributed by atoms with Crippen molar-refractivity contribution in [1.29, 1.82) is 0 Å². The van der Waals surface area contributed by atoms with E-state index in [1.807, 2.05) is 0 Å². The summed E-state index contributed by atoms with van der Waals surface area (Å²) in [6, 6.07) is 7.71. The lowest BCUT2D eigenvalue weighted by Crippen LogP contribution is -2.16. The third-order valence-corrected chi connectivity index (χ3v) is 4.67. The maximum atomic E-state index is 12.6. The number of carboxylic acids is 1. The molecule has 0 saturated heterocycles. The van der Waals surface area contributed by atoms with E-state index in [2.05, 4.69) is 4.98 Å². The van der Waals surface area contributed by atoms with Gasteiger partial charge in [-0.25, -0.2) is 4.79 Å². The third kappa shape index (κ3) is 3.21. The van der Waals surface area contributed by atoms with Gasteiger partial charge in [0.15, 0.2) is 0 Å². The fourth-order valence-corrected chi connectivity index (χ4v) is 3.33. The van der Waals surface area contributed by atoms with Gasteiger partial charge in [0.05, 0.1) is 12.8 Å². The van der Waals surface area contributed by atoms with Gasteiger partial charge in [-0.1, -0.05) is 0 Å². The highest BCUT2D eigenvalue weighted by atomic mass is 35.5. The molecule has 25 heavy (non-hydrogen) atoms. The number of rotatable bonds is 4. The summed E-state index contributed by atoms with van der Waals surface area (Å²) in [6.45, 7) is 0. The molecule has 0 radical (unpaired) electrons. The number of benzene rings is 1. The van der Waals surface area contributed by atoms with Crippen LogP contribution in [0.1, 0.15) is 25.6 Å². The number of methoxy groups -OCH3 is 1. The number of hydrogen-bond donors (Lipinski definition) is 3. The van der Waals surface area contributed by atoms with Gasteiger partial charge < -0.3 is 20.6 Å². The number of thiophene rings is 1. The van der Waals surface area contributed by atoms with Gasteiger partial charge in [-0.2, -0.15) is 0 Å². The molecule has 130 valence electrons. The molecule has 1 aromatic carbocycles. The molecule has 0 amide bonds. The number of aromatic nitrogens is 1. The number of nitrogen functional groups attached to an aromatic ring is 1. The second kappa shape index (κ2) is 6.96. The second-order valence-corrected chi connectivity index (χ2v) is 5.98. The van der Waals surface area contributed by atoms with Gasteiger partial charge in [0.2, 0.25) is 5.78 Å². The lowest BCUT2D eigenvalue weighted by Gasteiger charge is -2.02. The number of ether oxygens (including phenoxy) is 1. The normalized spacial score (nSPS) is 10.3. The molecule has 7 nitrogen and oxygen atoms in total. The molecule has 0 unspecified atom stereocenters. The molecular formula is C16H13ClN2O5S. The number of hydrogen-bond acceptors (Lipinski definition) is 6. The topological polar surface area (TPSA) is 122 Å². The summed E-state index contributed by atoms with van der Waals surface area (Å²) in [5.74, 6) is -1.05. The van der Waals surface area contributed by atoms with Crippen LogP contribution in [0.5, 0.6) is 5.75 Å². The first-order valence-electron chi connectivity index (χ1n) is 6.79. The van der Waals surface area contributed by atoms with Crippen molar-refractivity contribution in [2.24, 2.45) is 0 Å². The number of nitrogens with one attached hydrogen (secondary N) is 1. The molecule has 3 rings (SSSR count). The molecule has 0 atom stereocenters. The molecule has 2 heterocycles. The van der Waals surface area contributed by atoms with Gasteiger partial charge in [0.1, 0.15) is 21.0 Å². The lowest BCUT2D eigenvalue weighted by atomic mass is 10.1. The Hall–Kier alpha value is -2.84. The van der Waals surface area contributed by atoms with Crippen LogP contribution in [-0.2, 0) is 0 Å². The fourth-order valence-electron chi connectivity index (χ4n) is 2.27. The van der Waals surface area contributed by atoms with E-state index in [-0.39, 0.29) is 28.8 Å². The van der Waals surface area contributed by atoms with Crippen LogP contribution in [-0.4, -0.2) is 29.0 Å². The van der Waals surface area contributed by atoms with Crippen molar-refractivity contribution < 1.29 is 19.4 Å². The smallest absolute Gasteiger partial charge is 0.341 e. The zero-order valence-corrected chi connectivity index (χ0v) is 14.5. The van der Waals surface area contributed by atoms with E-state index < -0.39 is 17.1 Å². The van der Waals surface area contributed by atoms with E-state index in [0.29, 0.717) is 21.5 Å². The molecule has 9 heteroatoms. The van der Waals surface area contributed by atoms with Crippen molar-refractivity contribution in [2.45, 2.75) is 0 Å². The molecule has 0 saturated carbocycles. The van der Waals surface area contributed by atoms with E-state index in [9.17, 15) is 14.4 Å². The van der Waals surface area contributed by atoms with Crippen LogP contribution in [0.3, 0.4) is 0 Å². The van der Waals surface area contributed by atoms with Crippen LogP contribution in [0.25, 0.3) is 10.2 Å². The van der Waals surface area contributed by atoms with Gasteiger partial charge in [-0.05, 0) is 30.3 Å².